The molecule has 0 fully saturated rings. The second kappa shape index (κ2) is 4.28. The number of nitrogen functional groups attached to an aromatic ring is 1. The van der Waals surface area contributed by atoms with Crippen LogP contribution in [0.1, 0.15) is 19.9 Å². The highest BCUT2D eigenvalue weighted by Gasteiger charge is 2.10. The van der Waals surface area contributed by atoms with Crippen molar-refractivity contribution < 1.29 is 0 Å². The second-order valence-corrected chi connectivity index (χ2v) is 3.69. The van der Waals surface area contributed by atoms with Crippen LogP contribution in [-0.4, -0.2) is 19.5 Å². The third-order valence-electron chi connectivity index (χ3n) is 2.25. The van der Waals surface area contributed by atoms with E-state index in [1.165, 1.54) is 0 Å². The van der Waals surface area contributed by atoms with Crippen LogP contribution >= 0.6 is 0 Å². The summed E-state index contributed by atoms with van der Waals surface area (Å²) >= 11 is 0. The van der Waals surface area contributed by atoms with Crippen molar-refractivity contribution in [2.24, 2.45) is 5.84 Å². The average Bonchev–Trinajstić information content (AvgIpc) is 2.78. The van der Waals surface area contributed by atoms with E-state index in [9.17, 15) is 0 Å². The maximum Gasteiger partial charge on any atom is 0.179 e. The van der Waals surface area contributed by atoms with Crippen molar-refractivity contribution in [3.8, 4) is 11.5 Å². The molecule has 84 valence electrons. The first-order valence-corrected chi connectivity index (χ1v) is 5.04. The van der Waals surface area contributed by atoms with Gasteiger partial charge < -0.3 is 9.99 Å². The van der Waals surface area contributed by atoms with E-state index < -0.39 is 0 Å². The fourth-order valence-electron chi connectivity index (χ4n) is 1.45. The zero-order chi connectivity index (χ0) is 11.5. The lowest BCUT2D eigenvalue weighted by Gasteiger charge is -2.10. The van der Waals surface area contributed by atoms with E-state index >= 15 is 0 Å². The molecular formula is C10H14N6. The molecule has 2 heterocycles. The van der Waals surface area contributed by atoms with Crippen molar-refractivity contribution in [1.82, 2.24) is 19.5 Å². The Labute approximate surface area is 93.5 Å². The number of anilines is 1. The van der Waals surface area contributed by atoms with Crippen molar-refractivity contribution in [3.05, 3.63) is 24.8 Å². The van der Waals surface area contributed by atoms with Crippen LogP contribution in [0, 0.1) is 0 Å². The van der Waals surface area contributed by atoms with Crippen LogP contribution in [0.15, 0.2) is 24.8 Å². The molecule has 0 saturated carbocycles. The molecule has 6 nitrogen and oxygen atoms in total. The Bertz CT molecular complexity index is 476. The number of aromatic nitrogens is 4. The van der Waals surface area contributed by atoms with Gasteiger partial charge in [0.25, 0.3) is 0 Å². The second-order valence-electron chi connectivity index (χ2n) is 3.69. The molecule has 0 aromatic carbocycles. The van der Waals surface area contributed by atoms with Crippen molar-refractivity contribution in [2.45, 2.75) is 19.9 Å². The predicted molar refractivity (Wildman–Crippen MR) is 61.4 cm³/mol. The van der Waals surface area contributed by atoms with E-state index in [1.54, 1.807) is 24.8 Å². The Morgan fingerprint density at radius 2 is 2.25 bits per heavy atom. The molecule has 0 unspecified atom stereocenters. The van der Waals surface area contributed by atoms with Crippen LogP contribution in [0.5, 0.6) is 0 Å². The van der Waals surface area contributed by atoms with Gasteiger partial charge in [0.1, 0.15) is 11.5 Å². The van der Waals surface area contributed by atoms with E-state index in [1.807, 2.05) is 4.57 Å². The molecule has 0 saturated heterocycles. The molecule has 0 aliphatic rings. The zero-order valence-electron chi connectivity index (χ0n) is 9.25. The maximum atomic E-state index is 5.31. The lowest BCUT2D eigenvalue weighted by Crippen LogP contribution is -2.10. The van der Waals surface area contributed by atoms with E-state index in [0.717, 1.165) is 5.69 Å². The number of hydrogen-bond donors (Lipinski definition) is 2. The van der Waals surface area contributed by atoms with Crippen molar-refractivity contribution in [1.29, 1.82) is 0 Å². The fourth-order valence-corrected chi connectivity index (χ4v) is 1.45. The maximum absolute atomic E-state index is 5.31. The minimum absolute atomic E-state index is 0.315. The number of rotatable bonds is 3. The Hall–Kier alpha value is -1.95. The minimum atomic E-state index is 0.315. The Balaban J connectivity index is 2.46. The molecule has 2 rings (SSSR count). The van der Waals surface area contributed by atoms with E-state index in [4.69, 9.17) is 5.84 Å². The molecule has 0 radical (unpaired) electrons. The zero-order valence-corrected chi connectivity index (χ0v) is 9.25. The van der Waals surface area contributed by atoms with Crippen LogP contribution in [0.25, 0.3) is 11.5 Å². The highest BCUT2D eigenvalue weighted by Crippen LogP contribution is 2.19. The van der Waals surface area contributed by atoms with Crippen LogP contribution < -0.4 is 11.3 Å². The average molecular weight is 218 g/mol. The summed E-state index contributed by atoms with van der Waals surface area (Å²) in [6, 6.07) is 2.02. The summed E-state index contributed by atoms with van der Waals surface area (Å²) in [5.74, 6) is 6.50. The fraction of sp³-hybridized carbons (Fsp3) is 0.300. The number of nitrogens with two attached hydrogens (primary N) is 1. The molecule has 0 spiro atoms. The van der Waals surface area contributed by atoms with Gasteiger partial charge in [0, 0.05) is 18.3 Å². The first-order chi connectivity index (χ1) is 7.72. The highest BCUT2D eigenvalue weighted by molar-refractivity contribution is 5.51. The Kier molecular flexibility index (Phi) is 2.82. The van der Waals surface area contributed by atoms with Gasteiger partial charge >= 0.3 is 0 Å². The summed E-state index contributed by atoms with van der Waals surface area (Å²) in [4.78, 5) is 12.6. The van der Waals surface area contributed by atoms with Crippen molar-refractivity contribution in [2.75, 3.05) is 5.43 Å². The predicted octanol–water partition coefficient (Wildman–Crippen LogP) is 1.21. The van der Waals surface area contributed by atoms with Gasteiger partial charge in [0.05, 0.1) is 12.5 Å². The smallest absolute Gasteiger partial charge is 0.179 e. The van der Waals surface area contributed by atoms with Crippen molar-refractivity contribution >= 4 is 5.82 Å². The number of nitrogens with one attached hydrogen (secondary N) is 1. The molecule has 0 aliphatic heterocycles. The molecule has 0 atom stereocenters. The van der Waals surface area contributed by atoms with Crippen LogP contribution in [0.3, 0.4) is 0 Å². The minimum Gasteiger partial charge on any atom is -0.325 e. The molecule has 6 heteroatoms. The monoisotopic (exact) mass is 218 g/mol. The van der Waals surface area contributed by atoms with Crippen LogP contribution in [0.4, 0.5) is 5.82 Å². The van der Waals surface area contributed by atoms with Gasteiger partial charge in [-0.3, -0.25) is 0 Å². The summed E-state index contributed by atoms with van der Waals surface area (Å²) in [6.07, 6.45) is 5.18. The van der Waals surface area contributed by atoms with Crippen LogP contribution in [-0.2, 0) is 0 Å². The molecule has 3 N–H and O–H groups in total. The molecule has 16 heavy (non-hydrogen) atoms. The lowest BCUT2D eigenvalue weighted by molar-refractivity contribution is 0.603. The number of nitrogens with zero attached hydrogens (tertiary/aromatic N) is 4. The summed E-state index contributed by atoms with van der Waals surface area (Å²) in [6.45, 7) is 4.16. The van der Waals surface area contributed by atoms with Gasteiger partial charge in [0.2, 0.25) is 0 Å². The topological polar surface area (TPSA) is 81.7 Å². The normalized spacial score (nSPS) is 10.8. The quantitative estimate of drug-likeness (QED) is 0.597. The summed E-state index contributed by atoms with van der Waals surface area (Å²) in [7, 11) is 0. The van der Waals surface area contributed by atoms with Gasteiger partial charge in [-0.25, -0.2) is 20.8 Å². The highest BCUT2D eigenvalue weighted by atomic mass is 15.3. The molecule has 2 aromatic heterocycles. The van der Waals surface area contributed by atoms with E-state index in [-0.39, 0.29) is 0 Å². The molecule has 0 amide bonds. The summed E-state index contributed by atoms with van der Waals surface area (Å²) in [5.41, 5.74) is 3.38. The van der Waals surface area contributed by atoms with Gasteiger partial charge in [0.15, 0.2) is 5.82 Å². The first kappa shape index (κ1) is 10.6. The number of hydrazine groups is 1. The number of imidazole rings is 1. The van der Waals surface area contributed by atoms with Gasteiger partial charge in [-0.2, -0.15) is 0 Å². The molecule has 0 bridgehead atoms. The first-order valence-electron chi connectivity index (χ1n) is 5.04. The van der Waals surface area contributed by atoms with E-state index in [0.29, 0.717) is 17.7 Å². The van der Waals surface area contributed by atoms with Gasteiger partial charge in [-0.1, -0.05) is 0 Å². The number of hydrogen-bond acceptors (Lipinski definition) is 5. The molecule has 2 aromatic rings. The van der Waals surface area contributed by atoms with E-state index in [2.05, 4.69) is 34.2 Å². The summed E-state index contributed by atoms with van der Waals surface area (Å²) < 4.78 is 2.01. The Morgan fingerprint density at radius 3 is 2.94 bits per heavy atom. The van der Waals surface area contributed by atoms with Crippen molar-refractivity contribution in [3.63, 3.8) is 0 Å². The third-order valence-corrected chi connectivity index (χ3v) is 2.25. The lowest BCUT2D eigenvalue weighted by atomic mass is 10.3. The van der Waals surface area contributed by atoms with Gasteiger partial charge in [-0.05, 0) is 13.8 Å². The Morgan fingerprint density at radius 1 is 1.44 bits per heavy atom. The van der Waals surface area contributed by atoms with Gasteiger partial charge in [-0.15, -0.1) is 0 Å². The standard InChI is InChI=1S/C10H14N6/c1-7(2)16-6-12-5-8(16)10-13-4-3-9(14-10)15-11/h3-7H,11H2,1-2H3,(H,13,14,15). The SMILES string of the molecule is CC(C)n1cncc1-c1nccc(NN)n1. The van der Waals surface area contributed by atoms with Crippen LogP contribution in [0.2, 0.25) is 0 Å². The summed E-state index contributed by atoms with van der Waals surface area (Å²) in [5, 5.41) is 0. The molecule has 0 aliphatic carbocycles. The largest absolute Gasteiger partial charge is 0.325 e. The third kappa shape index (κ3) is 1.87. The molecular weight excluding hydrogens is 204 g/mol.